The molecule has 0 heterocycles. The lowest BCUT2D eigenvalue weighted by molar-refractivity contribution is -0.118. The molecule has 2 bridgehead atoms. The molecule has 166 valence electrons. The number of hydrogen-bond donors (Lipinski definition) is 1. The first-order valence-corrected chi connectivity index (χ1v) is 11.4. The third kappa shape index (κ3) is 5.88. The number of carbonyl (C=O) groups excluding carboxylic acids is 1. The van der Waals surface area contributed by atoms with Crippen LogP contribution in [0.4, 0.5) is 5.69 Å². The van der Waals surface area contributed by atoms with Gasteiger partial charge in [-0.15, -0.1) is 0 Å². The fourth-order valence-electron chi connectivity index (χ4n) is 4.63. The van der Waals surface area contributed by atoms with Crippen molar-refractivity contribution in [3.63, 3.8) is 0 Å². The van der Waals surface area contributed by atoms with Crippen LogP contribution in [0.15, 0.2) is 53.7 Å². The Kier molecular flexibility index (Phi) is 7.39. The number of nitrogens with one attached hydrogen (secondary N) is 1. The molecule has 5 rings (SSSR count). The molecule has 1 unspecified atom stereocenters. The average molecular weight is 432 g/mol. The molecule has 3 aliphatic rings. The first kappa shape index (κ1) is 21.9. The highest BCUT2D eigenvalue weighted by atomic mass is 16.6. The van der Waals surface area contributed by atoms with Crippen LogP contribution in [-0.2, 0) is 16.1 Å². The average Bonchev–Trinajstić information content (AvgIpc) is 2.84. The summed E-state index contributed by atoms with van der Waals surface area (Å²) in [6.45, 7) is -0.119. The summed E-state index contributed by atoms with van der Waals surface area (Å²) in [5.74, 6) is 1.87. The zero-order chi connectivity index (χ0) is 22.2. The molecule has 0 aromatic heterocycles. The highest BCUT2D eigenvalue weighted by molar-refractivity contribution is 5.93. The number of ether oxygens (including phenoxy) is 1. The molecule has 2 aromatic rings. The molecule has 3 aliphatic carbocycles. The van der Waals surface area contributed by atoms with Crippen molar-refractivity contribution < 1.29 is 14.4 Å². The summed E-state index contributed by atoms with van der Waals surface area (Å²) in [6, 6.07) is 16.6. The molecule has 1 amide bonds. The molecule has 0 aliphatic heterocycles. The van der Waals surface area contributed by atoms with E-state index in [1.807, 2.05) is 30.5 Å². The first-order chi connectivity index (χ1) is 15.7. The van der Waals surface area contributed by atoms with Crippen molar-refractivity contribution in [2.75, 3.05) is 11.9 Å². The second-order valence-corrected chi connectivity index (χ2v) is 8.63. The van der Waals surface area contributed by atoms with Gasteiger partial charge in [0.1, 0.15) is 17.9 Å². The predicted molar refractivity (Wildman–Crippen MR) is 123 cm³/mol. The van der Waals surface area contributed by atoms with Crippen LogP contribution in [0.3, 0.4) is 0 Å². The van der Waals surface area contributed by atoms with Crippen LogP contribution in [0.5, 0.6) is 5.75 Å². The summed E-state index contributed by atoms with van der Waals surface area (Å²) in [4.78, 5) is 17.9. The third-order valence-corrected chi connectivity index (χ3v) is 6.43. The van der Waals surface area contributed by atoms with Crippen LogP contribution in [0.1, 0.15) is 49.7 Å². The molecule has 0 spiro atoms. The highest BCUT2D eigenvalue weighted by Gasteiger charge is 2.37. The zero-order valence-electron chi connectivity index (χ0n) is 18.2. The second kappa shape index (κ2) is 10.8. The van der Waals surface area contributed by atoms with E-state index in [-0.39, 0.29) is 12.5 Å². The quantitative estimate of drug-likeness (QED) is 0.443. The van der Waals surface area contributed by atoms with Crippen molar-refractivity contribution in [3.05, 3.63) is 59.7 Å². The normalized spacial score (nSPS) is 21.8. The number of anilines is 1. The Hall–Kier alpha value is -3.33. The van der Waals surface area contributed by atoms with Crippen LogP contribution in [0.25, 0.3) is 0 Å². The Labute approximate surface area is 189 Å². The summed E-state index contributed by atoms with van der Waals surface area (Å²) in [5, 5.41) is 16.0. The number of amides is 1. The van der Waals surface area contributed by atoms with Crippen LogP contribution in [0, 0.1) is 23.2 Å². The minimum absolute atomic E-state index is 0.119. The van der Waals surface area contributed by atoms with E-state index in [0.717, 1.165) is 18.8 Å². The van der Waals surface area contributed by atoms with Crippen molar-refractivity contribution in [3.8, 4) is 11.8 Å². The lowest BCUT2D eigenvalue weighted by atomic mass is 9.69. The van der Waals surface area contributed by atoms with Gasteiger partial charge in [-0.2, -0.15) is 5.26 Å². The Morgan fingerprint density at radius 1 is 1.12 bits per heavy atom. The molecular formula is C26H29N3O3. The number of nitriles is 1. The Balaban J connectivity index is 1.16. The van der Waals surface area contributed by atoms with Crippen LogP contribution >= 0.6 is 0 Å². The van der Waals surface area contributed by atoms with Gasteiger partial charge in [0.05, 0.1) is 11.3 Å². The first-order valence-electron chi connectivity index (χ1n) is 11.4. The number of aryl methyl sites for hydroxylation is 1. The van der Waals surface area contributed by atoms with Gasteiger partial charge in [0.25, 0.3) is 5.91 Å². The Morgan fingerprint density at radius 3 is 2.62 bits per heavy atom. The van der Waals surface area contributed by atoms with Crippen molar-refractivity contribution in [2.24, 2.45) is 17.0 Å². The molecule has 2 aromatic carbocycles. The van der Waals surface area contributed by atoms with E-state index < -0.39 is 0 Å². The van der Waals surface area contributed by atoms with Crippen LogP contribution in [0.2, 0.25) is 0 Å². The molecule has 1 atom stereocenters. The number of oxime groups is 1. The molecule has 3 fully saturated rings. The summed E-state index contributed by atoms with van der Waals surface area (Å²) in [7, 11) is 0. The van der Waals surface area contributed by atoms with Gasteiger partial charge in [-0.25, -0.2) is 0 Å². The highest BCUT2D eigenvalue weighted by Crippen LogP contribution is 2.42. The lowest BCUT2D eigenvalue weighted by Crippen LogP contribution is -2.36. The largest absolute Gasteiger partial charge is 0.484 e. The van der Waals surface area contributed by atoms with E-state index in [9.17, 15) is 4.79 Å². The minimum atomic E-state index is -0.306. The van der Waals surface area contributed by atoms with Crippen molar-refractivity contribution >= 4 is 17.8 Å². The molecule has 6 heteroatoms. The molecular weight excluding hydrogens is 402 g/mol. The number of carbonyl (C=O) groups is 1. The summed E-state index contributed by atoms with van der Waals surface area (Å²) in [5.41, 5.74) is 2.08. The maximum atomic E-state index is 12.1. The molecule has 3 saturated carbocycles. The van der Waals surface area contributed by atoms with E-state index in [1.165, 1.54) is 37.7 Å². The number of nitrogens with zero attached hydrogens (tertiary/aromatic N) is 2. The fraction of sp³-hybridized carbons (Fsp3) is 0.423. The topological polar surface area (TPSA) is 83.7 Å². The monoisotopic (exact) mass is 431 g/mol. The standard InChI is InChI=1S/C26H29N3O3/c27-17-22-5-1-2-6-24(22)29-26(30)18-31-23-13-9-19(10-14-23)4-3-15-28-32-25-16-20-7-11-21(25)12-8-20/h1-2,5-6,9-10,13-15,20-21,25H,3-4,7-8,11-12,16,18H2,(H,29,30). The summed E-state index contributed by atoms with van der Waals surface area (Å²) in [6.07, 6.45) is 10.4. The van der Waals surface area contributed by atoms with Crippen LogP contribution < -0.4 is 10.1 Å². The predicted octanol–water partition coefficient (Wildman–Crippen LogP) is 5.09. The van der Waals surface area contributed by atoms with Gasteiger partial charge in [-0.1, -0.05) is 29.4 Å². The van der Waals surface area contributed by atoms with Gasteiger partial charge in [0, 0.05) is 6.21 Å². The van der Waals surface area contributed by atoms with Gasteiger partial charge in [-0.3, -0.25) is 4.79 Å². The molecule has 6 nitrogen and oxygen atoms in total. The molecule has 32 heavy (non-hydrogen) atoms. The molecule has 0 radical (unpaired) electrons. The van der Waals surface area contributed by atoms with Gasteiger partial charge >= 0.3 is 0 Å². The van der Waals surface area contributed by atoms with E-state index in [2.05, 4.69) is 16.5 Å². The smallest absolute Gasteiger partial charge is 0.262 e. The van der Waals surface area contributed by atoms with E-state index in [4.69, 9.17) is 14.8 Å². The second-order valence-electron chi connectivity index (χ2n) is 8.63. The number of hydrogen-bond acceptors (Lipinski definition) is 5. The van der Waals surface area contributed by atoms with Crippen molar-refractivity contribution in [1.82, 2.24) is 0 Å². The molecule has 1 N–H and O–H groups in total. The van der Waals surface area contributed by atoms with Gasteiger partial charge in [-0.05, 0) is 86.6 Å². The number of fused-ring (bicyclic) bond motifs is 3. The Bertz CT molecular complexity index is 973. The SMILES string of the molecule is N#Cc1ccccc1NC(=O)COc1ccc(CCC=NOC2CC3CCC2CC3)cc1. The van der Waals surface area contributed by atoms with Gasteiger partial charge < -0.3 is 14.9 Å². The number of para-hydroxylation sites is 1. The maximum Gasteiger partial charge on any atom is 0.262 e. The van der Waals surface area contributed by atoms with Gasteiger partial charge in [0.15, 0.2) is 6.61 Å². The van der Waals surface area contributed by atoms with Crippen molar-refractivity contribution in [1.29, 1.82) is 5.26 Å². The third-order valence-electron chi connectivity index (χ3n) is 6.43. The number of benzene rings is 2. The lowest BCUT2D eigenvalue weighted by Gasteiger charge is -2.40. The Morgan fingerprint density at radius 2 is 1.91 bits per heavy atom. The maximum absolute atomic E-state index is 12.1. The molecule has 0 saturated heterocycles. The van der Waals surface area contributed by atoms with Crippen LogP contribution in [-0.4, -0.2) is 24.8 Å². The minimum Gasteiger partial charge on any atom is -0.484 e. The van der Waals surface area contributed by atoms with Gasteiger partial charge in [0.2, 0.25) is 0 Å². The summed E-state index contributed by atoms with van der Waals surface area (Å²) < 4.78 is 5.56. The van der Waals surface area contributed by atoms with Crippen molar-refractivity contribution in [2.45, 2.75) is 51.0 Å². The van der Waals surface area contributed by atoms with E-state index in [0.29, 0.717) is 29.0 Å². The van der Waals surface area contributed by atoms with E-state index in [1.54, 1.807) is 24.3 Å². The summed E-state index contributed by atoms with van der Waals surface area (Å²) >= 11 is 0. The number of rotatable bonds is 9. The van der Waals surface area contributed by atoms with E-state index >= 15 is 0 Å². The zero-order valence-corrected chi connectivity index (χ0v) is 18.2. The fourth-order valence-corrected chi connectivity index (χ4v) is 4.63.